The average molecular weight is 235 g/mol. The van der Waals surface area contributed by atoms with Crippen molar-refractivity contribution in [2.24, 2.45) is 11.5 Å². The summed E-state index contributed by atoms with van der Waals surface area (Å²) in [4.78, 5) is 0. The van der Waals surface area contributed by atoms with Crippen molar-refractivity contribution in [3.8, 4) is 5.75 Å². The summed E-state index contributed by atoms with van der Waals surface area (Å²) in [6.45, 7) is 0.473. The molecular weight excluding hydrogens is 219 g/mol. The molecular formula is C10H16ClFN2O. The van der Waals surface area contributed by atoms with E-state index < -0.39 is 0 Å². The van der Waals surface area contributed by atoms with Gasteiger partial charge in [-0.2, -0.15) is 0 Å². The van der Waals surface area contributed by atoms with Gasteiger partial charge in [0.2, 0.25) is 0 Å². The molecule has 0 heterocycles. The Morgan fingerprint density at radius 2 is 2.13 bits per heavy atom. The first-order valence-electron chi connectivity index (χ1n) is 4.48. The molecule has 1 aromatic rings. The molecule has 86 valence electrons. The van der Waals surface area contributed by atoms with Crippen LogP contribution >= 0.6 is 12.4 Å². The average Bonchev–Trinajstić information content (AvgIpc) is 2.18. The lowest BCUT2D eigenvalue weighted by Gasteiger charge is -2.14. The van der Waals surface area contributed by atoms with E-state index in [4.69, 9.17) is 16.2 Å². The molecule has 0 saturated heterocycles. The summed E-state index contributed by atoms with van der Waals surface area (Å²) in [7, 11) is 1.53. The molecule has 3 nitrogen and oxygen atoms in total. The maximum Gasteiger partial charge on any atom is 0.123 e. The van der Waals surface area contributed by atoms with Crippen LogP contribution < -0.4 is 16.2 Å². The van der Waals surface area contributed by atoms with Crippen LogP contribution in [-0.2, 0) is 0 Å². The van der Waals surface area contributed by atoms with E-state index >= 15 is 0 Å². The van der Waals surface area contributed by atoms with E-state index in [1.54, 1.807) is 6.07 Å². The molecule has 5 heteroatoms. The molecule has 0 aliphatic rings. The van der Waals surface area contributed by atoms with E-state index in [2.05, 4.69) is 0 Å². The third-order valence-electron chi connectivity index (χ3n) is 2.07. The van der Waals surface area contributed by atoms with Gasteiger partial charge in [0.1, 0.15) is 11.6 Å². The second-order valence-corrected chi connectivity index (χ2v) is 3.07. The fourth-order valence-corrected chi connectivity index (χ4v) is 1.33. The van der Waals surface area contributed by atoms with Crippen LogP contribution in [0.5, 0.6) is 5.75 Å². The first-order valence-corrected chi connectivity index (χ1v) is 4.48. The minimum Gasteiger partial charge on any atom is -0.496 e. The van der Waals surface area contributed by atoms with E-state index in [-0.39, 0.29) is 24.3 Å². The van der Waals surface area contributed by atoms with Gasteiger partial charge in [-0.15, -0.1) is 12.4 Å². The highest BCUT2D eigenvalue weighted by Gasteiger charge is 2.11. The highest BCUT2D eigenvalue weighted by molar-refractivity contribution is 5.85. The Labute approximate surface area is 95.0 Å². The van der Waals surface area contributed by atoms with Gasteiger partial charge in [-0.05, 0) is 31.2 Å². The number of halogens is 2. The smallest absolute Gasteiger partial charge is 0.123 e. The van der Waals surface area contributed by atoms with Crippen molar-refractivity contribution in [1.29, 1.82) is 0 Å². The maximum atomic E-state index is 12.9. The number of hydrogen-bond acceptors (Lipinski definition) is 3. The maximum absolute atomic E-state index is 12.9. The lowest BCUT2D eigenvalue weighted by Crippen LogP contribution is -2.16. The predicted octanol–water partition coefficient (Wildman–Crippen LogP) is 1.60. The number of hydrogen-bond donors (Lipinski definition) is 2. The Bertz CT molecular complexity index is 309. The number of methoxy groups -OCH3 is 1. The van der Waals surface area contributed by atoms with Crippen molar-refractivity contribution in [2.75, 3.05) is 13.7 Å². The molecule has 4 N–H and O–H groups in total. The zero-order valence-electron chi connectivity index (χ0n) is 8.57. The fourth-order valence-electron chi connectivity index (χ4n) is 1.33. The molecule has 0 aliphatic carbocycles. The summed E-state index contributed by atoms with van der Waals surface area (Å²) in [5.74, 6) is 0.292. The Morgan fingerprint density at radius 1 is 1.47 bits per heavy atom. The molecule has 0 aromatic heterocycles. The topological polar surface area (TPSA) is 61.3 Å². The van der Waals surface area contributed by atoms with Crippen LogP contribution in [-0.4, -0.2) is 13.7 Å². The number of rotatable bonds is 4. The molecule has 1 rings (SSSR count). The molecule has 1 aromatic carbocycles. The Balaban J connectivity index is 0.00000196. The van der Waals surface area contributed by atoms with Gasteiger partial charge in [0.15, 0.2) is 0 Å². The molecule has 0 bridgehead atoms. The van der Waals surface area contributed by atoms with Crippen molar-refractivity contribution >= 4 is 12.4 Å². The van der Waals surface area contributed by atoms with Gasteiger partial charge < -0.3 is 16.2 Å². The number of ether oxygens (including phenoxy) is 1. The van der Waals surface area contributed by atoms with E-state index in [0.29, 0.717) is 24.3 Å². The Morgan fingerprint density at radius 3 is 2.67 bits per heavy atom. The molecule has 0 saturated carbocycles. The van der Waals surface area contributed by atoms with Crippen LogP contribution in [0, 0.1) is 5.82 Å². The second-order valence-electron chi connectivity index (χ2n) is 3.07. The molecule has 0 unspecified atom stereocenters. The summed E-state index contributed by atoms with van der Waals surface area (Å²) >= 11 is 0. The molecule has 0 fully saturated rings. The highest BCUT2D eigenvalue weighted by Crippen LogP contribution is 2.25. The molecule has 1 atom stereocenters. The van der Waals surface area contributed by atoms with E-state index in [1.165, 1.54) is 19.2 Å². The third kappa shape index (κ3) is 3.66. The summed E-state index contributed by atoms with van der Waals surface area (Å²) in [6, 6.07) is 4.03. The SMILES string of the molecule is COc1ccc(F)cc1[C@@H](N)CCN.Cl. The van der Waals surface area contributed by atoms with Crippen molar-refractivity contribution < 1.29 is 9.13 Å². The van der Waals surface area contributed by atoms with Crippen LogP contribution in [0.15, 0.2) is 18.2 Å². The van der Waals surface area contributed by atoms with Crippen molar-refractivity contribution in [3.05, 3.63) is 29.6 Å². The molecule has 0 aliphatic heterocycles. The highest BCUT2D eigenvalue weighted by atomic mass is 35.5. The monoisotopic (exact) mass is 234 g/mol. The minimum atomic E-state index is -0.312. The fraction of sp³-hybridized carbons (Fsp3) is 0.400. The summed E-state index contributed by atoms with van der Waals surface area (Å²) < 4.78 is 18.0. The van der Waals surface area contributed by atoms with Crippen molar-refractivity contribution in [1.82, 2.24) is 0 Å². The van der Waals surface area contributed by atoms with Gasteiger partial charge in [-0.1, -0.05) is 0 Å². The molecule has 15 heavy (non-hydrogen) atoms. The quantitative estimate of drug-likeness (QED) is 0.832. The van der Waals surface area contributed by atoms with Crippen LogP contribution in [0.2, 0.25) is 0 Å². The summed E-state index contributed by atoms with van der Waals surface area (Å²) in [5, 5.41) is 0. The van der Waals surface area contributed by atoms with Gasteiger partial charge in [0.25, 0.3) is 0 Å². The standard InChI is InChI=1S/C10H15FN2O.ClH/c1-14-10-3-2-7(11)6-8(10)9(13)4-5-12;/h2-3,6,9H,4-5,12-13H2,1H3;1H/t9-;/m0./s1. The lowest BCUT2D eigenvalue weighted by atomic mass is 10.0. The lowest BCUT2D eigenvalue weighted by molar-refractivity contribution is 0.403. The molecule has 0 amide bonds. The van der Waals surface area contributed by atoms with Crippen LogP contribution in [0.1, 0.15) is 18.0 Å². The molecule has 0 radical (unpaired) electrons. The molecule has 0 spiro atoms. The van der Waals surface area contributed by atoms with Crippen molar-refractivity contribution in [3.63, 3.8) is 0 Å². The van der Waals surface area contributed by atoms with Gasteiger partial charge in [-0.25, -0.2) is 4.39 Å². The first kappa shape index (κ1) is 14.2. The minimum absolute atomic E-state index is 0. The second kappa shape index (κ2) is 6.61. The van der Waals surface area contributed by atoms with E-state index in [9.17, 15) is 4.39 Å². The first-order chi connectivity index (χ1) is 6.69. The largest absolute Gasteiger partial charge is 0.496 e. The zero-order valence-corrected chi connectivity index (χ0v) is 9.39. The van der Waals surface area contributed by atoms with E-state index in [0.717, 1.165) is 0 Å². The summed E-state index contributed by atoms with van der Waals surface area (Å²) in [5.41, 5.74) is 11.9. The normalized spacial score (nSPS) is 11.7. The van der Waals surface area contributed by atoms with Crippen LogP contribution in [0.3, 0.4) is 0 Å². The van der Waals surface area contributed by atoms with Crippen molar-refractivity contribution in [2.45, 2.75) is 12.5 Å². The Kier molecular flexibility index (Phi) is 6.24. The van der Waals surface area contributed by atoms with Gasteiger partial charge in [0, 0.05) is 11.6 Å². The Hall–Kier alpha value is -0.840. The zero-order chi connectivity index (χ0) is 10.6. The predicted molar refractivity (Wildman–Crippen MR) is 60.8 cm³/mol. The van der Waals surface area contributed by atoms with Crippen LogP contribution in [0.25, 0.3) is 0 Å². The van der Waals surface area contributed by atoms with E-state index in [1.807, 2.05) is 0 Å². The van der Waals surface area contributed by atoms with Gasteiger partial charge in [-0.3, -0.25) is 0 Å². The number of nitrogens with two attached hydrogens (primary N) is 2. The van der Waals surface area contributed by atoms with Gasteiger partial charge in [0.05, 0.1) is 7.11 Å². The summed E-state index contributed by atoms with van der Waals surface area (Å²) in [6.07, 6.45) is 0.611. The number of benzene rings is 1. The van der Waals surface area contributed by atoms with Crippen LogP contribution in [0.4, 0.5) is 4.39 Å². The third-order valence-corrected chi connectivity index (χ3v) is 2.07. The van der Waals surface area contributed by atoms with Gasteiger partial charge >= 0.3 is 0 Å².